The van der Waals surface area contributed by atoms with Crippen molar-refractivity contribution in [3.63, 3.8) is 0 Å². The summed E-state index contributed by atoms with van der Waals surface area (Å²) in [6, 6.07) is 0. The minimum atomic E-state index is -5.54. The summed E-state index contributed by atoms with van der Waals surface area (Å²) in [5.74, 6) is 0. The average Bonchev–Trinajstić information content (AvgIpc) is 1.99. The normalized spacial score (nSPS) is 15.8. The van der Waals surface area contributed by atoms with E-state index in [2.05, 4.69) is 20.7 Å². The molecule has 0 aromatic heterocycles. The van der Waals surface area contributed by atoms with Crippen LogP contribution in [0.1, 0.15) is 0 Å². The second kappa shape index (κ2) is 5.35. The Kier molecular flexibility index (Phi) is 5.34. The van der Waals surface area contributed by atoms with Crippen molar-refractivity contribution >= 4 is 15.9 Å². The molecule has 0 fully saturated rings. The molecule has 9 heteroatoms. The van der Waals surface area contributed by atoms with Crippen LogP contribution in [0.4, 0.5) is 26.3 Å². The third-order valence-corrected chi connectivity index (χ3v) is 1.98. The molecule has 0 aromatic carbocycles. The number of alkyl halides is 7. The maximum absolute atomic E-state index is 11.8. The minimum absolute atomic E-state index is 0.171. The van der Waals surface area contributed by atoms with Crippen LogP contribution in [0.2, 0.25) is 0 Å². The van der Waals surface area contributed by atoms with E-state index in [1.807, 2.05) is 0 Å². The Hall–Kier alpha value is -0.0200. The Morgan fingerprint density at radius 1 is 1.07 bits per heavy atom. The standard InChI is InChI=1S/C6H7BrF6O2/c7-1-3(14)2-15-4(5(8,9)10)6(11,12)13/h3-4,14H,1-2H2. The van der Waals surface area contributed by atoms with Gasteiger partial charge in [0, 0.05) is 5.33 Å². The summed E-state index contributed by atoms with van der Waals surface area (Å²) >= 11 is 2.67. The highest BCUT2D eigenvalue weighted by molar-refractivity contribution is 9.09. The van der Waals surface area contributed by atoms with Crippen molar-refractivity contribution in [3.05, 3.63) is 0 Å². The fourth-order valence-electron chi connectivity index (χ4n) is 0.626. The Labute approximate surface area is 89.3 Å². The predicted molar refractivity (Wildman–Crippen MR) is 41.7 cm³/mol. The first kappa shape index (κ1) is 15.0. The van der Waals surface area contributed by atoms with E-state index in [1.165, 1.54) is 0 Å². The Balaban J connectivity index is 4.42. The van der Waals surface area contributed by atoms with Crippen molar-refractivity contribution in [2.75, 3.05) is 11.9 Å². The quantitative estimate of drug-likeness (QED) is 0.638. The molecule has 0 aliphatic carbocycles. The van der Waals surface area contributed by atoms with Gasteiger partial charge in [-0.2, -0.15) is 26.3 Å². The largest absolute Gasteiger partial charge is 0.423 e. The van der Waals surface area contributed by atoms with E-state index in [0.717, 1.165) is 0 Å². The van der Waals surface area contributed by atoms with Crippen molar-refractivity contribution in [2.45, 2.75) is 24.6 Å². The molecule has 0 spiro atoms. The molecule has 0 saturated carbocycles. The first-order valence-corrected chi connectivity index (χ1v) is 4.70. The minimum Gasteiger partial charge on any atom is -0.390 e. The molecule has 0 amide bonds. The SMILES string of the molecule is OC(CBr)COC(C(F)(F)F)C(F)(F)F. The summed E-state index contributed by atoms with van der Waals surface area (Å²) < 4.78 is 74.6. The van der Waals surface area contributed by atoms with Gasteiger partial charge in [-0.3, -0.25) is 0 Å². The van der Waals surface area contributed by atoms with E-state index in [1.54, 1.807) is 0 Å². The van der Waals surface area contributed by atoms with E-state index in [0.29, 0.717) is 0 Å². The number of ether oxygens (including phenoxy) is 1. The Morgan fingerprint density at radius 3 is 1.73 bits per heavy atom. The zero-order valence-corrected chi connectivity index (χ0v) is 8.66. The zero-order valence-electron chi connectivity index (χ0n) is 7.07. The highest BCUT2D eigenvalue weighted by Gasteiger charge is 2.58. The second-order valence-electron chi connectivity index (χ2n) is 2.60. The van der Waals surface area contributed by atoms with Crippen molar-refractivity contribution in [2.24, 2.45) is 0 Å². The molecule has 0 rings (SSSR count). The lowest BCUT2D eigenvalue weighted by atomic mass is 10.3. The van der Waals surface area contributed by atoms with Gasteiger partial charge in [0.1, 0.15) is 0 Å². The first-order chi connectivity index (χ1) is 6.59. The molecule has 0 aliphatic heterocycles. The maximum Gasteiger partial charge on any atom is 0.423 e. The van der Waals surface area contributed by atoms with Crippen LogP contribution in [0.5, 0.6) is 0 Å². The lowest BCUT2D eigenvalue weighted by molar-refractivity contribution is -0.324. The molecule has 92 valence electrons. The van der Waals surface area contributed by atoms with E-state index in [4.69, 9.17) is 5.11 Å². The molecule has 0 aliphatic rings. The molecule has 0 radical (unpaired) electrons. The van der Waals surface area contributed by atoms with Crippen LogP contribution in [0.25, 0.3) is 0 Å². The number of rotatable bonds is 4. The van der Waals surface area contributed by atoms with Gasteiger partial charge in [0.25, 0.3) is 0 Å². The molecule has 2 nitrogen and oxygen atoms in total. The van der Waals surface area contributed by atoms with Gasteiger partial charge in [-0.1, -0.05) is 15.9 Å². The fourth-order valence-corrected chi connectivity index (χ4v) is 0.813. The summed E-state index contributed by atoms with van der Waals surface area (Å²) in [6.45, 7) is -1.05. The van der Waals surface area contributed by atoms with Crippen molar-refractivity contribution in [1.82, 2.24) is 0 Å². The monoisotopic (exact) mass is 304 g/mol. The lowest BCUT2D eigenvalue weighted by Crippen LogP contribution is -2.45. The number of aliphatic hydroxyl groups is 1. The van der Waals surface area contributed by atoms with Crippen LogP contribution in [0, 0.1) is 0 Å². The van der Waals surface area contributed by atoms with Crippen LogP contribution in [-0.2, 0) is 4.74 Å². The lowest BCUT2D eigenvalue weighted by Gasteiger charge is -2.23. The number of halogens is 7. The van der Waals surface area contributed by atoms with Crippen LogP contribution in [0.15, 0.2) is 0 Å². The topological polar surface area (TPSA) is 29.5 Å². The highest BCUT2D eigenvalue weighted by Crippen LogP contribution is 2.35. The van der Waals surface area contributed by atoms with Crippen LogP contribution >= 0.6 is 15.9 Å². The molecule has 0 heterocycles. The molecular weight excluding hydrogens is 298 g/mol. The molecule has 0 bridgehead atoms. The number of hydrogen-bond donors (Lipinski definition) is 1. The molecule has 1 N–H and O–H groups in total. The zero-order chi connectivity index (χ0) is 12.3. The van der Waals surface area contributed by atoms with Crippen molar-refractivity contribution < 1.29 is 36.2 Å². The summed E-state index contributed by atoms with van der Waals surface area (Å²) in [5, 5.41) is 8.56. The fraction of sp³-hybridized carbons (Fsp3) is 1.00. The molecule has 1 unspecified atom stereocenters. The summed E-state index contributed by atoms with van der Waals surface area (Å²) in [4.78, 5) is 0. The molecular formula is C6H7BrF6O2. The van der Waals surface area contributed by atoms with Gasteiger partial charge < -0.3 is 9.84 Å². The smallest absolute Gasteiger partial charge is 0.390 e. The van der Waals surface area contributed by atoms with Gasteiger partial charge in [0.05, 0.1) is 12.7 Å². The van der Waals surface area contributed by atoms with Gasteiger partial charge in [-0.05, 0) is 0 Å². The number of aliphatic hydroxyl groups excluding tert-OH is 1. The van der Waals surface area contributed by atoms with E-state index in [9.17, 15) is 26.3 Å². The first-order valence-electron chi connectivity index (χ1n) is 3.58. The maximum atomic E-state index is 11.8. The summed E-state index contributed by atoms with van der Waals surface area (Å²) in [7, 11) is 0. The molecule has 0 aromatic rings. The predicted octanol–water partition coefficient (Wildman–Crippen LogP) is 2.25. The number of hydrogen-bond acceptors (Lipinski definition) is 2. The van der Waals surface area contributed by atoms with E-state index in [-0.39, 0.29) is 5.33 Å². The summed E-state index contributed by atoms with van der Waals surface area (Å²) in [5.41, 5.74) is 0. The van der Waals surface area contributed by atoms with Gasteiger partial charge in [0.2, 0.25) is 6.10 Å². The van der Waals surface area contributed by atoms with E-state index >= 15 is 0 Å². The molecule has 0 saturated heterocycles. The van der Waals surface area contributed by atoms with Gasteiger partial charge in [-0.25, -0.2) is 0 Å². The van der Waals surface area contributed by atoms with Crippen molar-refractivity contribution in [3.8, 4) is 0 Å². The average molecular weight is 305 g/mol. The third-order valence-electron chi connectivity index (χ3n) is 1.23. The Bertz CT molecular complexity index is 177. The summed E-state index contributed by atoms with van der Waals surface area (Å²) in [6.07, 6.45) is -16.4. The third kappa shape index (κ3) is 5.57. The molecule has 15 heavy (non-hydrogen) atoms. The second-order valence-corrected chi connectivity index (χ2v) is 3.25. The molecule has 1 atom stereocenters. The Morgan fingerprint density at radius 2 is 1.47 bits per heavy atom. The van der Waals surface area contributed by atoms with Crippen LogP contribution in [-0.4, -0.2) is 41.6 Å². The van der Waals surface area contributed by atoms with Crippen LogP contribution in [0.3, 0.4) is 0 Å². The van der Waals surface area contributed by atoms with Gasteiger partial charge in [-0.15, -0.1) is 0 Å². The van der Waals surface area contributed by atoms with Crippen LogP contribution < -0.4 is 0 Å². The highest BCUT2D eigenvalue weighted by atomic mass is 79.9. The van der Waals surface area contributed by atoms with E-state index < -0.39 is 31.2 Å². The van der Waals surface area contributed by atoms with Gasteiger partial charge >= 0.3 is 12.4 Å². The van der Waals surface area contributed by atoms with Gasteiger partial charge in [0.15, 0.2) is 0 Å². The van der Waals surface area contributed by atoms with Crippen molar-refractivity contribution in [1.29, 1.82) is 0 Å².